The number of anilines is 1. The Hall–Kier alpha value is -0.970. The molecule has 1 amide bonds. The van der Waals surface area contributed by atoms with Gasteiger partial charge in [-0.3, -0.25) is 10.2 Å². The first kappa shape index (κ1) is 14.1. The van der Waals surface area contributed by atoms with E-state index in [1.165, 1.54) is 4.90 Å². The van der Waals surface area contributed by atoms with E-state index < -0.39 is 0 Å². The number of hydrogen-bond acceptors (Lipinski definition) is 3. The molecule has 0 spiro atoms. The van der Waals surface area contributed by atoms with E-state index in [1.54, 1.807) is 32.3 Å². The SMILES string of the molecule is CN(C)C(=O)C(Cl)=NNc1ccc(Cl)c(Cl)c1. The number of benzene rings is 1. The van der Waals surface area contributed by atoms with Crippen molar-refractivity contribution in [1.82, 2.24) is 4.90 Å². The Morgan fingerprint density at radius 1 is 1.29 bits per heavy atom. The van der Waals surface area contributed by atoms with Crippen molar-refractivity contribution in [2.24, 2.45) is 5.10 Å². The van der Waals surface area contributed by atoms with E-state index >= 15 is 0 Å². The van der Waals surface area contributed by atoms with Crippen molar-refractivity contribution in [3.8, 4) is 0 Å². The van der Waals surface area contributed by atoms with Gasteiger partial charge in [0.25, 0.3) is 5.91 Å². The first-order valence-electron chi connectivity index (χ1n) is 4.57. The summed E-state index contributed by atoms with van der Waals surface area (Å²) >= 11 is 17.3. The van der Waals surface area contributed by atoms with Crippen LogP contribution in [0.3, 0.4) is 0 Å². The van der Waals surface area contributed by atoms with Gasteiger partial charge < -0.3 is 4.90 Å². The number of halogens is 3. The molecule has 0 saturated carbocycles. The Morgan fingerprint density at radius 2 is 1.94 bits per heavy atom. The van der Waals surface area contributed by atoms with Gasteiger partial charge in [0.2, 0.25) is 5.17 Å². The maximum Gasteiger partial charge on any atom is 0.285 e. The third-order valence-electron chi connectivity index (χ3n) is 1.79. The molecular formula is C10H10Cl3N3O. The van der Waals surface area contributed by atoms with E-state index in [0.717, 1.165) is 0 Å². The first-order chi connectivity index (χ1) is 7.91. The van der Waals surface area contributed by atoms with Gasteiger partial charge >= 0.3 is 0 Å². The van der Waals surface area contributed by atoms with E-state index in [0.29, 0.717) is 15.7 Å². The smallest absolute Gasteiger partial charge is 0.285 e. The lowest BCUT2D eigenvalue weighted by Gasteiger charge is -2.08. The Kier molecular flexibility index (Phi) is 5.05. The molecule has 7 heteroatoms. The molecule has 0 bridgehead atoms. The first-order valence-corrected chi connectivity index (χ1v) is 5.71. The summed E-state index contributed by atoms with van der Waals surface area (Å²) in [6, 6.07) is 4.86. The van der Waals surface area contributed by atoms with E-state index in [1.807, 2.05) is 0 Å². The summed E-state index contributed by atoms with van der Waals surface area (Å²) in [5, 5.41) is 4.39. The molecule has 0 aliphatic heterocycles. The molecule has 0 radical (unpaired) electrons. The fraction of sp³-hybridized carbons (Fsp3) is 0.200. The van der Waals surface area contributed by atoms with Gasteiger partial charge in [-0.1, -0.05) is 34.8 Å². The van der Waals surface area contributed by atoms with Crippen LogP contribution in [-0.2, 0) is 4.79 Å². The molecule has 0 aromatic heterocycles. The molecule has 4 nitrogen and oxygen atoms in total. The monoisotopic (exact) mass is 293 g/mol. The van der Waals surface area contributed by atoms with Crippen LogP contribution in [0.5, 0.6) is 0 Å². The van der Waals surface area contributed by atoms with Crippen LogP contribution in [-0.4, -0.2) is 30.1 Å². The molecule has 0 unspecified atom stereocenters. The predicted octanol–water partition coefficient (Wildman–Crippen LogP) is 3.05. The number of carbonyl (C=O) groups is 1. The standard InChI is InChI=1S/C10H10Cl3N3O/c1-16(2)10(17)9(13)15-14-6-3-4-7(11)8(12)5-6/h3-5,14H,1-2H3. The molecule has 17 heavy (non-hydrogen) atoms. The van der Waals surface area contributed by atoms with Crippen LogP contribution in [0.25, 0.3) is 0 Å². The number of hydrazone groups is 1. The molecule has 0 fully saturated rings. The lowest BCUT2D eigenvalue weighted by atomic mass is 10.3. The average molecular weight is 295 g/mol. The van der Waals surface area contributed by atoms with Crippen molar-refractivity contribution < 1.29 is 4.79 Å². The van der Waals surface area contributed by atoms with Gasteiger partial charge in [0.15, 0.2) is 0 Å². The van der Waals surface area contributed by atoms with Gasteiger partial charge in [0.05, 0.1) is 15.7 Å². The number of nitrogens with one attached hydrogen (secondary N) is 1. The van der Waals surface area contributed by atoms with Gasteiger partial charge in [-0.05, 0) is 18.2 Å². The Labute approximate surface area is 114 Å². The summed E-state index contributed by atoms with van der Waals surface area (Å²) in [6.45, 7) is 0. The highest BCUT2D eigenvalue weighted by atomic mass is 35.5. The molecule has 1 N–H and O–H groups in total. The van der Waals surface area contributed by atoms with Crippen molar-refractivity contribution in [2.45, 2.75) is 0 Å². The van der Waals surface area contributed by atoms with Crippen LogP contribution in [0, 0.1) is 0 Å². The molecule has 1 rings (SSSR count). The normalized spacial score (nSPS) is 11.2. The van der Waals surface area contributed by atoms with Crippen molar-refractivity contribution in [1.29, 1.82) is 0 Å². The molecule has 1 aromatic rings. The van der Waals surface area contributed by atoms with E-state index in [4.69, 9.17) is 34.8 Å². The molecule has 0 aliphatic rings. The summed E-state index contributed by atoms with van der Waals surface area (Å²) in [5.74, 6) is -0.390. The van der Waals surface area contributed by atoms with Crippen LogP contribution in [0.4, 0.5) is 5.69 Å². The second-order valence-corrected chi connectivity index (χ2v) is 4.52. The zero-order valence-corrected chi connectivity index (χ0v) is 11.4. The third kappa shape index (κ3) is 4.07. The van der Waals surface area contributed by atoms with Crippen LogP contribution in [0.2, 0.25) is 10.0 Å². The van der Waals surface area contributed by atoms with Crippen LogP contribution in [0.1, 0.15) is 0 Å². The highest BCUT2D eigenvalue weighted by Crippen LogP contribution is 2.24. The van der Waals surface area contributed by atoms with Gasteiger partial charge in [0.1, 0.15) is 0 Å². The summed E-state index contributed by atoms with van der Waals surface area (Å²) in [4.78, 5) is 12.7. The molecule has 0 saturated heterocycles. The molecule has 1 aromatic carbocycles. The van der Waals surface area contributed by atoms with Crippen LogP contribution in [0.15, 0.2) is 23.3 Å². The number of carbonyl (C=O) groups excluding carboxylic acids is 1. The largest absolute Gasteiger partial charge is 0.343 e. The maximum atomic E-state index is 11.4. The fourth-order valence-electron chi connectivity index (χ4n) is 0.912. The Bertz CT molecular complexity index is 460. The Morgan fingerprint density at radius 3 is 2.47 bits per heavy atom. The molecule has 0 atom stereocenters. The van der Waals surface area contributed by atoms with Crippen molar-refractivity contribution in [3.63, 3.8) is 0 Å². The number of nitrogens with zero attached hydrogens (tertiary/aromatic N) is 2. The maximum absolute atomic E-state index is 11.4. The summed E-state index contributed by atoms with van der Waals surface area (Å²) < 4.78 is 0. The summed E-state index contributed by atoms with van der Waals surface area (Å²) in [5.41, 5.74) is 3.20. The number of rotatable bonds is 3. The van der Waals surface area contributed by atoms with Gasteiger partial charge in [-0.25, -0.2) is 0 Å². The Balaban J connectivity index is 2.76. The van der Waals surface area contributed by atoms with E-state index in [-0.39, 0.29) is 11.1 Å². The van der Waals surface area contributed by atoms with Crippen LogP contribution < -0.4 is 5.43 Å². The van der Waals surface area contributed by atoms with E-state index in [2.05, 4.69) is 10.5 Å². The zero-order valence-electron chi connectivity index (χ0n) is 9.17. The quantitative estimate of drug-likeness (QED) is 0.688. The summed E-state index contributed by atoms with van der Waals surface area (Å²) in [6.07, 6.45) is 0. The van der Waals surface area contributed by atoms with Crippen LogP contribution >= 0.6 is 34.8 Å². The lowest BCUT2D eigenvalue weighted by Crippen LogP contribution is -2.27. The fourth-order valence-corrected chi connectivity index (χ4v) is 1.42. The topological polar surface area (TPSA) is 44.7 Å². The average Bonchev–Trinajstić information content (AvgIpc) is 2.29. The number of amides is 1. The minimum atomic E-state index is -0.390. The lowest BCUT2D eigenvalue weighted by molar-refractivity contribution is -0.121. The summed E-state index contributed by atoms with van der Waals surface area (Å²) in [7, 11) is 3.17. The number of hydrogen-bond donors (Lipinski definition) is 1. The third-order valence-corrected chi connectivity index (χ3v) is 2.77. The molecule has 0 heterocycles. The second kappa shape index (κ2) is 6.10. The van der Waals surface area contributed by atoms with Gasteiger partial charge in [-0.15, -0.1) is 0 Å². The highest BCUT2D eigenvalue weighted by Gasteiger charge is 2.10. The minimum Gasteiger partial charge on any atom is -0.343 e. The molecular weight excluding hydrogens is 284 g/mol. The minimum absolute atomic E-state index is 0.166. The predicted molar refractivity (Wildman–Crippen MR) is 72.1 cm³/mol. The van der Waals surface area contributed by atoms with Gasteiger partial charge in [0, 0.05) is 14.1 Å². The van der Waals surface area contributed by atoms with Crippen molar-refractivity contribution >= 4 is 51.6 Å². The van der Waals surface area contributed by atoms with Gasteiger partial charge in [-0.2, -0.15) is 5.10 Å². The highest BCUT2D eigenvalue weighted by molar-refractivity contribution is 6.82. The molecule has 0 aliphatic carbocycles. The zero-order chi connectivity index (χ0) is 13.0. The van der Waals surface area contributed by atoms with Crippen molar-refractivity contribution in [3.05, 3.63) is 28.2 Å². The molecule has 92 valence electrons. The second-order valence-electron chi connectivity index (χ2n) is 3.34. The van der Waals surface area contributed by atoms with E-state index in [9.17, 15) is 4.79 Å². The van der Waals surface area contributed by atoms with Crippen molar-refractivity contribution in [2.75, 3.05) is 19.5 Å².